The maximum absolute atomic E-state index is 9.46. The molecule has 1 saturated heterocycles. The van der Waals surface area contributed by atoms with Gasteiger partial charge < -0.3 is 9.63 Å². The highest BCUT2D eigenvalue weighted by Crippen LogP contribution is 2.20. The molecule has 1 aliphatic rings. The predicted molar refractivity (Wildman–Crippen MR) is 90.1 cm³/mol. The molecule has 124 valence electrons. The first-order valence-electron chi connectivity index (χ1n) is 8.25. The molecule has 0 radical (unpaired) electrons. The second-order valence-electron chi connectivity index (χ2n) is 6.47. The molecule has 1 aromatic carbocycles. The third-order valence-electron chi connectivity index (χ3n) is 4.27. The van der Waals surface area contributed by atoms with Crippen molar-refractivity contribution >= 4 is 0 Å². The lowest BCUT2D eigenvalue weighted by atomic mass is 10.1. The molecule has 5 nitrogen and oxygen atoms in total. The van der Waals surface area contributed by atoms with E-state index in [0.717, 1.165) is 56.3 Å². The van der Waals surface area contributed by atoms with Crippen LogP contribution in [0, 0.1) is 6.92 Å². The Labute approximate surface area is 137 Å². The summed E-state index contributed by atoms with van der Waals surface area (Å²) >= 11 is 0. The maximum Gasteiger partial charge on any atom is 0.151 e. The Kier molecular flexibility index (Phi) is 5.10. The molecular weight excluding hydrogens is 290 g/mol. The quantitative estimate of drug-likeness (QED) is 0.916. The fourth-order valence-corrected chi connectivity index (χ4v) is 2.97. The SMILES string of the molecule is Cc1ccc(-c2cc(CN3CCN(CC(C)O)CC3)on2)cc1. The Bertz CT molecular complexity index is 613. The zero-order valence-electron chi connectivity index (χ0n) is 13.9. The number of aliphatic hydroxyl groups excluding tert-OH is 1. The average Bonchev–Trinajstić information content (AvgIpc) is 2.98. The zero-order chi connectivity index (χ0) is 16.2. The van der Waals surface area contributed by atoms with Crippen molar-refractivity contribution in [3.8, 4) is 11.3 Å². The monoisotopic (exact) mass is 315 g/mol. The minimum atomic E-state index is -0.257. The van der Waals surface area contributed by atoms with E-state index in [-0.39, 0.29) is 6.10 Å². The van der Waals surface area contributed by atoms with E-state index in [4.69, 9.17) is 4.52 Å². The first-order chi connectivity index (χ1) is 11.1. The Balaban J connectivity index is 1.55. The van der Waals surface area contributed by atoms with E-state index < -0.39 is 0 Å². The minimum absolute atomic E-state index is 0.257. The second kappa shape index (κ2) is 7.25. The number of nitrogens with zero attached hydrogens (tertiary/aromatic N) is 3. The van der Waals surface area contributed by atoms with Crippen LogP contribution in [-0.2, 0) is 6.54 Å². The van der Waals surface area contributed by atoms with Crippen LogP contribution in [0.4, 0.5) is 0 Å². The summed E-state index contributed by atoms with van der Waals surface area (Å²) in [6, 6.07) is 10.4. The van der Waals surface area contributed by atoms with Crippen molar-refractivity contribution in [2.45, 2.75) is 26.5 Å². The van der Waals surface area contributed by atoms with Gasteiger partial charge in [-0.3, -0.25) is 9.80 Å². The maximum atomic E-state index is 9.46. The number of β-amino-alcohol motifs (C(OH)–C–C–N with tert-alkyl or cyclic N) is 1. The molecule has 2 aromatic rings. The number of rotatable bonds is 5. The van der Waals surface area contributed by atoms with E-state index in [2.05, 4.69) is 46.1 Å². The van der Waals surface area contributed by atoms with E-state index >= 15 is 0 Å². The number of aryl methyl sites for hydroxylation is 1. The summed E-state index contributed by atoms with van der Waals surface area (Å²) in [5.41, 5.74) is 3.23. The molecule has 0 bridgehead atoms. The van der Waals surface area contributed by atoms with Crippen molar-refractivity contribution in [2.75, 3.05) is 32.7 Å². The summed E-state index contributed by atoms with van der Waals surface area (Å²) in [5, 5.41) is 13.6. The summed E-state index contributed by atoms with van der Waals surface area (Å²) in [6.07, 6.45) is -0.257. The van der Waals surface area contributed by atoms with Crippen molar-refractivity contribution < 1.29 is 9.63 Å². The van der Waals surface area contributed by atoms with E-state index in [1.807, 2.05) is 13.0 Å². The molecule has 0 amide bonds. The topological polar surface area (TPSA) is 52.7 Å². The van der Waals surface area contributed by atoms with Gasteiger partial charge in [-0.25, -0.2) is 0 Å². The van der Waals surface area contributed by atoms with Gasteiger partial charge in [-0.05, 0) is 13.8 Å². The van der Waals surface area contributed by atoms with Gasteiger partial charge in [0.2, 0.25) is 0 Å². The standard InChI is InChI=1S/C18H25N3O2/c1-14-3-5-16(6-4-14)18-11-17(23-19-18)13-21-9-7-20(8-10-21)12-15(2)22/h3-6,11,15,22H,7-10,12-13H2,1-2H3. The molecule has 1 unspecified atom stereocenters. The summed E-state index contributed by atoms with van der Waals surface area (Å²) in [7, 11) is 0. The van der Waals surface area contributed by atoms with E-state index in [1.165, 1.54) is 5.56 Å². The van der Waals surface area contributed by atoms with Gasteiger partial charge in [-0.2, -0.15) is 0 Å². The lowest BCUT2D eigenvalue weighted by molar-refractivity contribution is 0.0745. The predicted octanol–water partition coefficient (Wildman–Crippen LogP) is 2.15. The van der Waals surface area contributed by atoms with Gasteiger partial charge >= 0.3 is 0 Å². The molecule has 1 aliphatic heterocycles. The average molecular weight is 315 g/mol. The Morgan fingerprint density at radius 1 is 1.13 bits per heavy atom. The van der Waals surface area contributed by atoms with Crippen LogP contribution in [0.5, 0.6) is 0 Å². The molecule has 23 heavy (non-hydrogen) atoms. The highest BCUT2D eigenvalue weighted by molar-refractivity contribution is 5.59. The molecule has 0 aliphatic carbocycles. The Morgan fingerprint density at radius 3 is 2.43 bits per heavy atom. The van der Waals surface area contributed by atoms with Crippen LogP contribution in [0.25, 0.3) is 11.3 Å². The highest BCUT2D eigenvalue weighted by atomic mass is 16.5. The summed E-state index contributed by atoms with van der Waals surface area (Å²) in [4.78, 5) is 4.68. The van der Waals surface area contributed by atoms with Crippen molar-refractivity contribution in [1.29, 1.82) is 0 Å². The highest BCUT2D eigenvalue weighted by Gasteiger charge is 2.19. The Morgan fingerprint density at radius 2 is 1.78 bits per heavy atom. The smallest absolute Gasteiger partial charge is 0.151 e. The molecular formula is C18H25N3O2. The van der Waals surface area contributed by atoms with Crippen LogP contribution in [-0.4, -0.2) is 58.9 Å². The van der Waals surface area contributed by atoms with Gasteiger partial charge in [0.05, 0.1) is 12.6 Å². The fourth-order valence-electron chi connectivity index (χ4n) is 2.97. The van der Waals surface area contributed by atoms with Crippen LogP contribution < -0.4 is 0 Å². The van der Waals surface area contributed by atoms with E-state index in [0.29, 0.717) is 0 Å². The van der Waals surface area contributed by atoms with Crippen molar-refractivity contribution in [2.24, 2.45) is 0 Å². The number of benzene rings is 1. The van der Waals surface area contributed by atoms with E-state index in [9.17, 15) is 5.11 Å². The number of aromatic nitrogens is 1. The van der Waals surface area contributed by atoms with Gasteiger partial charge in [0, 0.05) is 44.4 Å². The van der Waals surface area contributed by atoms with Gasteiger partial charge in [0.25, 0.3) is 0 Å². The van der Waals surface area contributed by atoms with Crippen molar-refractivity contribution in [3.05, 3.63) is 41.7 Å². The van der Waals surface area contributed by atoms with Gasteiger partial charge in [-0.15, -0.1) is 0 Å². The number of piperazine rings is 1. The number of aliphatic hydroxyl groups is 1. The summed E-state index contributed by atoms with van der Waals surface area (Å²) < 4.78 is 5.50. The lowest BCUT2D eigenvalue weighted by Gasteiger charge is -2.34. The number of hydrogen-bond acceptors (Lipinski definition) is 5. The Hall–Kier alpha value is -1.69. The molecule has 0 saturated carbocycles. The molecule has 2 heterocycles. The molecule has 1 atom stereocenters. The first kappa shape index (κ1) is 16.2. The molecule has 5 heteroatoms. The molecule has 3 rings (SSSR count). The second-order valence-corrected chi connectivity index (χ2v) is 6.47. The largest absolute Gasteiger partial charge is 0.392 e. The van der Waals surface area contributed by atoms with Crippen molar-refractivity contribution in [1.82, 2.24) is 15.0 Å². The molecule has 1 fully saturated rings. The molecule has 1 aromatic heterocycles. The fraction of sp³-hybridized carbons (Fsp3) is 0.500. The van der Waals surface area contributed by atoms with Crippen LogP contribution in [0.3, 0.4) is 0 Å². The van der Waals surface area contributed by atoms with Crippen LogP contribution >= 0.6 is 0 Å². The van der Waals surface area contributed by atoms with Gasteiger partial charge in [-0.1, -0.05) is 35.0 Å². The van der Waals surface area contributed by atoms with Crippen LogP contribution in [0.2, 0.25) is 0 Å². The van der Waals surface area contributed by atoms with Gasteiger partial charge in [0.15, 0.2) is 5.76 Å². The first-order valence-corrected chi connectivity index (χ1v) is 8.25. The number of hydrogen-bond donors (Lipinski definition) is 1. The van der Waals surface area contributed by atoms with Gasteiger partial charge in [0.1, 0.15) is 5.69 Å². The zero-order valence-corrected chi connectivity index (χ0v) is 13.9. The van der Waals surface area contributed by atoms with Crippen LogP contribution in [0.15, 0.2) is 34.9 Å². The third kappa shape index (κ3) is 4.41. The van der Waals surface area contributed by atoms with Crippen LogP contribution in [0.1, 0.15) is 18.2 Å². The van der Waals surface area contributed by atoms with E-state index in [1.54, 1.807) is 0 Å². The lowest BCUT2D eigenvalue weighted by Crippen LogP contribution is -2.47. The third-order valence-corrected chi connectivity index (χ3v) is 4.27. The molecule has 0 spiro atoms. The minimum Gasteiger partial charge on any atom is -0.392 e. The molecule has 1 N–H and O–H groups in total. The summed E-state index contributed by atoms with van der Waals surface area (Å²) in [6.45, 7) is 9.44. The normalized spacial score (nSPS) is 18.2. The van der Waals surface area contributed by atoms with Crippen molar-refractivity contribution in [3.63, 3.8) is 0 Å². The summed E-state index contributed by atoms with van der Waals surface area (Å²) in [5.74, 6) is 0.907.